The zero-order chi connectivity index (χ0) is 42.0. The van der Waals surface area contributed by atoms with Crippen LogP contribution >= 0.6 is 0 Å². The molecular formula is C42H53NO15. The number of nitrogens with zero attached hydrogens (tertiary/aromatic N) is 1. The minimum absolute atomic E-state index is 0.00573. The lowest BCUT2D eigenvalue weighted by Gasteiger charge is -2.48. The lowest BCUT2D eigenvalue weighted by molar-refractivity contribution is -0.324. The topological polar surface area (TPSA) is 217 Å². The van der Waals surface area contributed by atoms with Crippen LogP contribution in [0.5, 0.6) is 11.5 Å². The summed E-state index contributed by atoms with van der Waals surface area (Å²) >= 11 is 0. The third kappa shape index (κ3) is 7.47. The van der Waals surface area contributed by atoms with Crippen molar-refractivity contribution in [3.05, 3.63) is 57.6 Å². The van der Waals surface area contributed by atoms with Crippen molar-refractivity contribution < 1.29 is 72.8 Å². The van der Waals surface area contributed by atoms with Crippen molar-refractivity contribution in [2.75, 3.05) is 21.2 Å². The number of carbonyl (C=O) groups is 4. The fourth-order valence-electron chi connectivity index (χ4n) is 9.27. The summed E-state index contributed by atoms with van der Waals surface area (Å²) in [6.07, 6.45) is -6.64. The first-order valence-corrected chi connectivity index (χ1v) is 19.9. The number of carbonyl (C=O) groups excluding carboxylic acids is 4. The summed E-state index contributed by atoms with van der Waals surface area (Å²) in [5.74, 6) is -4.59. The molecule has 16 heteroatoms. The minimum atomic E-state index is -1.76. The van der Waals surface area contributed by atoms with E-state index < -0.39 is 102 Å². The Bertz CT molecular complexity index is 1940. The van der Waals surface area contributed by atoms with Gasteiger partial charge in [0, 0.05) is 54.8 Å². The number of aliphatic hydroxyl groups excluding tert-OH is 1. The molecule has 2 aromatic rings. The van der Waals surface area contributed by atoms with E-state index in [1.165, 1.54) is 31.4 Å². The van der Waals surface area contributed by atoms with E-state index in [2.05, 4.69) is 0 Å². The van der Waals surface area contributed by atoms with Gasteiger partial charge < -0.3 is 58.5 Å². The number of likely N-dealkylation sites (N-methyl/N-ethyl adjacent to an activating group) is 1. The largest absolute Gasteiger partial charge is 0.507 e. The van der Waals surface area contributed by atoms with E-state index in [9.17, 15) is 39.6 Å². The highest BCUT2D eigenvalue weighted by atomic mass is 16.7. The van der Waals surface area contributed by atoms with Crippen molar-refractivity contribution in [2.24, 2.45) is 0 Å². The molecule has 2 aromatic carbocycles. The van der Waals surface area contributed by atoms with E-state index >= 15 is 0 Å². The van der Waals surface area contributed by atoms with Gasteiger partial charge in [0.1, 0.15) is 35.7 Å². The quantitative estimate of drug-likeness (QED) is 0.228. The van der Waals surface area contributed by atoms with Gasteiger partial charge in [0.15, 0.2) is 30.4 Å². The standard InChI is InChI=1S/C42H53NO15/c1-8-42(51)17-28(33-22(35(42)41(50)52-7)14-23-34(38(33)49)37(48)32-21(36(23)47)10-9-11-26(32)45)56-30-15-24(43(5)6)39(19(3)54-30)58-31-16-27(46)40(20(4)55-31)57-29-13-12-25(44)18(2)53-29/h9-11,14,18-20,24,27-31,35,39-40,45-46,49,51H,8,12-13,15-17H2,1-7H3/t18-,19-,20-,24-,27-,28-,29+,30-,31-,35-,39+,40+,42+/m0/s1. The Hall–Kier alpha value is -3.84. The van der Waals surface area contributed by atoms with Crippen molar-refractivity contribution in [3.8, 4) is 11.5 Å². The van der Waals surface area contributed by atoms with Crippen molar-refractivity contribution >= 4 is 23.3 Å². The average Bonchev–Trinajstić information content (AvgIpc) is 3.17. The molecule has 0 radical (unpaired) electrons. The number of benzene rings is 2. The Labute approximate surface area is 336 Å². The fraction of sp³-hybridized carbons (Fsp3) is 0.619. The van der Waals surface area contributed by atoms with Crippen LogP contribution in [0.15, 0.2) is 24.3 Å². The maximum atomic E-state index is 13.9. The summed E-state index contributed by atoms with van der Waals surface area (Å²) in [7, 11) is 4.91. The van der Waals surface area contributed by atoms with Crippen molar-refractivity contribution in [2.45, 2.75) is 145 Å². The molecule has 316 valence electrons. The number of esters is 1. The second kappa shape index (κ2) is 16.3. The molecule has 3 fully saturated rings. The van der Waals surface area contributed by atoms with Crippen LogP contribution in [0.1, 0.15) is 121 Å². The van der Waals surface area contributed by atoms with E-state index in [0.29, 0.717) is 12.8 Å². The van der Waals surface area contributed by atoms with Gasteiger partial charge in [-0.25, -0.2) is 0 Å². The number of hydrogen-bond acceptors (Lipinski definition) is 16. The van der Waals surface area contributed by atoms with Gasteiger partial charge in [-0.1, -0.05) is 19.1 Å². The third-order valence-corrected chi connectivity index (χ3v) is 12.4. The van der Waals surface area contributed by atoms with Crippen LogP contribution in [-0.4, -0.2) is 137 Å². The molecule has 4 N–H and O–H groups in total. The number of methoxy groups -OCH3 is 1. The first-order valence-electron chi connectivity index (χ1n) is 19.9. The van der Waals surface area contributed by atoms with E-state index in [-0.39, 0.29) is 70.9 Å². The second-order valence-electron chi connectivity index (χ2n) is 16.3. The molecule has 7 rings (SSSR count). The summed E-state index contributed by atoms with van der Waals surface area (Å²) in [5.41, 5.74) is -2.49. The maximum absolute atomic E-state index is 13.9. The van der Waals surface area contributed by atoms with Gasteiger partial charge in [0.25, 0.3) is 0 Å². The van der Waals surface area contributed by atoms with Gasteiger partial charge in [0.2, 0.25) is 5.78 Å². The molecule has 0 saturated carbocycles. The lowest BCUT2D eigenvalue weighted by Crippen LogP contribution is -2.58. The molecule has 16 nitrogen and oxygen atoms in total. The van der Waals surface area contributed by atoms with Crippen molar-refractivity contribution in [1.82, 2.24) is 4.90 Å². The molecule has 5 aliphatic rings. The Kier molecular flexibility index (Phi) is 11.9. The second-order valence-corrected chi connectivity index (χ2v) is 16.3. The Morgan fingerprint density at radius 2 is 1.57 bits per heavy atom. The molecule has 0 unspecified atom stereocenters. The number of ether oxygens (including phenoxy) is 7. The number of fused-ring (bicyclic) bond motifs is 3. The summed E-state index contributed by atoms with van der Waals surface area (Å²) in [5, 5.41) is 45.9. The average molecular weight is 812 g/mol. The van der Waals surface area contributed by atoms with Crippen LogP contribution in [0.25, 0.3) is 0 Å². The molecule has 0 aromatic heterocycles. The van der Waals surface area contributed by atoms with E-state index in [4.69, 9.17) is 33.2 Å². The van der Waals surface area contributed by atoms with Crippen LogP contribution in [0, 0.1) is 0 Å². The fourth-order valence-corrected chi connectivity index (χ4v) is 9.27. The van der Waals surface area contributed by atoms with Crippen LogP contribution in [0.4, 0.5) is 0 Å². The SMILES string of the molecule is CC[C@@]1(O)C[C@H](O[C@H]2C[C@H](N(C)C)[C@H](O[C@H]3C[C@H](O)[C@H](O[C@@H]4CCC(=O)[C@H](C)O4)[C@H](C)O3)[C@H](C)O2)c2c(cc3c(c2O)C(=O)c2c(O)cccc2C3=O)[C@H]1C(=O)OC. The molecule has 3 aliphatic heterocycles. The molecule has 0 bridgehead atoms. The Morgan fingerprint density at radius 1 is 0.897 bits per heavy atom. The lowest BCUT2D eigenvalue weighted by atomic mass is 9.67. The Morgan fingerprint density at radius 3 is 2.21 bits per heavy atom. The van der Waals surface area contributed by atoms with Crippen LogP contribution in [0.2, 0.25) is 0 Å². The van der Waals surface area contributed by atoms with Gasteiger partial charge in [0.05, 0.1) is 48.3 Å². The van der Waals surface area contributed by atoms with E-state index in [1.807, 2.05) is 19.0 Å². The number of Topliss-reactive ketones (excluding diaryl/α,β-unsaturated/α-hetero) is 1. The zero-order valence-electron chi connectivity index (χ0n) is 33.7. The summed E-state index contributed by atoms with van der Waals surface area (Å²) < 4.78 is 42.6. The smallest absolute Gasteiger partial charge is 0.316 e. The number of phenols is 2. The van der Waals surface area contributed by atoms with Crippen LogP contribution in [0.3, 0.4) is 0 Å². The maximum Gasteiger partial charge on any atom is 0.316 e. The van der Waals surface area contributed by atoms with Crippen molar-refractivity contribution in [1.29, 1.82) is 0 Å². The van der Waals surface area contributed by atoms with Gasteiger partial charge in [-0.3, -0.25) is 19.2 Å². The summed E-state index contributed by atoms with van der Waals surface area (Å²) in [6, 6.07) is 5.11. The number of rotatable bonds is 9. The summed E-state index contributed by atoms with van der Waals surface area (Å²) in [4.78, 5) is 55.0. The molecule has 0 amide bonds. The molecule has 3 saturated heterocycles. The zero-order valence-corrected chi connectivity index (χ0v) is 33.7. The normalized spacial score (nSPS) is 36.3. The third-order valence-electron chi connectivity index (χ3n) is 12.4. The number of aliphatic hydroxyl groups is 2. The monoisotopic (exact) mass is 811 g/mol. The molecule has 58 heavy (non-hydrogen) atoms. The first-order chi connectivity index (χ1) is 27.5. The number of hydrogen-bond donors (Lipinski definition) is 4. The van der Waals surface area contributed by atoms with Gasteiger partial charge in [-0.2, -0.15) is 0 Å². The predicted octanol–water partition coefficient (Wildman–Crippen LogP) is 3.16. The molecule has 3 heterocycles. The van der Waals surface area contributed by atoms with Crippen LogP contribution < -0.4 is 0 Å². The number of aromatic hydroxyl groups is 2. The Balaban J connectivity index is 1.13. The summed E-state index contributed by atoms with van der Waals surface area (Å²) in [6.45, 7) is 6.95. The van der Waals surface area contributed by atoms with Crippen molar-refractivity contribution in [3.63, 3.8) is 0 Å². The molecule has 0 spiro atoms. The number of phenolic OH excluding ortho intramolecular Hbond substituents is 2. The van der Waals surface area contributed by atoms with Gasteiger partial charge >= 0.3 is 5.97 Å². The highest BCUT2D eigenvalue weighted by molar-refractivity contribution is 6.30. The van der Waals surface area contributed by atoms with Gasteiger partial charge in [-0.15, -0.1) is 0 Å². The minimum Gasteiger partial charge on any atom is -0.507 e. The number of ketones is 3. The first kappa shape index (κ1) is 42.3. The molecule has 13 atom stereocenters. The highest BCUT2D eigenvalue weighted by Gasteiger charge is 2.53. The van der Waals surface area contributed by atoms with Crippen LogP contribution in [-0.2, 0) is 42.7 Å². The predicted molar refractivity (Wildman–Crippen MR) is 201 cm³/mol. The molecule has 2 aliphatic carbocycles. The van der Waals surface area contributed by atoms with E-state index in [1.54, 1.807) is 27.7 Å². The highest BCUT2D eigenvalue weighted by Crippen LogP contribution is 2.54. The molecular weight excluding hydrogens is 758 g/mol. The van der Waals surface area contributed by atoms with Gasteiger partial charge in [-0.05, 0) is 59.0 Å². The van der Waals surface area contributed by atoms with E-state index in [0.717, 1.165) is 0 Å².